The van der Waals surface area contributed by atoms with Crippen molar-refractivity contribution in [2.24, 2.45) is 5.92 Å². The zero-order valence-electron chi connectivity index (χ0n) is 21.9. The highest BCUT2D eigenvalue weighted by Gasteiger charge is 2.24. The summed E-state index contributed by atoms with van der Waals surface area (Å²) in [5.41, 5.74) is 2.90. The molecule has 3 rings (SSSR count). The number of hydrogen-bond donors (Lipinski definition) is 1. The summed E-state index contributed by atoms with van der Waals surface area (Å²) in [7, 11) is 1.64. The molecule has 1 aromatic heterocycles. The first-order valence-corrected chi connectivity index (χ1v) is 12.5. The summed E-state index contributed by atoms with van der Waals surface area (Å²) in [5.74, 6) is 2.56. The normalized spacial score (nSPS) is 12.2. The second-order valence-corrected chi connectivity index (χ2v) is 9.18. The molecule has 0 fully saturated rings. The Morgan fingerprint density at radius 3 is 2.36 bits per heavy atom. The molecule has 3 aromatic rings. The van der Waals surface area contributed by atoms with Gasteiger partial charge < -0.3 is 19.3 Å². The van der Waals surface area contributed by atoms with E-state index in [0.717, 1.165) is 35.7 Å². The Morgan fingerprint density at radius 1 is 1.06 bits per heavy atom. The van der Waals surface area contributed by atoms with Gasteiger partial charge in [-0.2, -0.15) is 5.10 Å². The number of ether oxygens (including phenoxy) is 3. The predicted molar refractivity (Wildman–Crippen MR) is 143 cm³/mol. The quantitative estimate of drug-likeness (QED) is 0.230. The Morgan fingerprint density at radius 2 is 1.75 bits per heavy atom. The predicted octanol–water partition coefficient (Wildman–Crippen LogP) is 5.26. The van der Waals surface area contributed by atoms with E-state index in [1.54, 1.807) is 13.2 Å². The van der Waals surface area contributed by atoms with E-state index in [2.05, 4.69) is 32.3 Å². The number of aryl methyl sites for hydroxylation is 1. The fraction of sp³-hybridized carbons (Fsp3) is 0.414. The molecular weight excluding hydrogens is 454 g/mol. The van der Waals surface area contributed by atoms with E-state index in [-0.39, 0.29) is 6.61 Å². The molecule has 0 radical (unpaired) electrons. The molecule has 1 unspecified atom stereocenters. The molecule has 1 atom stereocenters. The summed E-state index contributed by atoms with van der Waals surface area (Å²) in [6.07, 6.45) is 1.84. The molecular formula is C29H39N3O4. The van der Waals surface area contributed by atoms with Gasteiger partial charge in [0.25, 0.3) is 0 Å². The lowest BCUT2D eigenvalue weighted by Crippen LogP contribution is -2.37. The van der Waals surface area contributed by atoms with E-state index >= 15 is 0 Å². The van der Waals surface area contributed by atoms with Crippen molar-refractivity contribution in [3.05, 3.63) is 78.5 Å². The zero-order chi connectivity index (χ0) is 25.9. The van der Waals surface area contributed by atoms with Crippen LogP contribution in [0.3, 0.4) is 0 Å². The van der Waals surface area contributed by atoms with Crippen LogP contribution in [0.2, 0.25) is 0 Å². The monoisotopic (exact) mass is 493 g/mol. The molecule has 7 heteroatoms. The van der Waals surface area contributed by atoms with E-state index in [1.165, 1.54) is 0 Å². The SMILES string of the molecule is C=CCOCC(O)CN(Cc1c(CC)nn(-c2ccccc2)c1Oc1ccc(OC)cc1)CC(C)C. The summed E-state index contributed by atoms with van der Waals surface area (Å²) >= 11 is 0. The zero-order valence-corrected chi connectivity index (χ0v) is 21.9. The topological polar surface area (TPSA) is 69.0 Å². The van der Waals surface area contributed by atoms with E-state index in [1.807, 2.05) is 59.3 Å². The lowest BCUT2D eigenvalue weighted by Gasteiger charge is -2.27. The maximum atomic E-state index is 10.6. The van der Waals surface area contributed by atoms with Gasteiger partial charge in [-0.05, 0) is 48.7 Å². The maximum Gasteiger partial charge on any atom is 0.227 e. The van der Waals surface area contributed by atoms with Gasteiger partial charge >= 0.3 is 0 Å². The van der Waals surface area contributed by atoms with Crippen LogP contribution in [0.4, 0.5) is 0 Å². The van der Waals surface area contributed by atoms with Gasteiger partial charge in [-0.1, -0.05) is 45.0 Å². The number of aliphatic hydroxyl groups excluding tert-OH is 1. The third-order valence-electron chi connectivity index (χ3n) is 5.65. The van der Waals surface area contributed by atoms with Crippen LogP contribution in [0.1, 0.15) is 32.0 Å². The number of methoxy groups -OCH3 is 1. The minimum absolute atomic E-state index is 0.264. The van der Waals surface area contributed by atoms with Crippen LogP contribution in [0, 0.1) is 5.92 Å². The molecule has 2 aromatic carbocycles. The van der Waals surface area contributed by atoms with Crippen molar-refractivity contribution in [2.45, 2.75) is 39.8 Å². The molecule has 0 bridgehead atoms. The number of benzene rings is 2. The van der Waals surface area contributed by atoms with Gasteiger partial charge in [-0.15, -0.1) is 6.58 Å². The number of nitrogens with zero attached hydrogens (tertiary/aromatic N) is 3. The second-order valence-electron chi connectivity index (χ2n) is 9.18. The third kappa shape index (κ3) is 7.68. The summed E-state index contributed by atoms with van der Waals surface area (Å²) in [6, 6.07) is 17.5. The van der Waals surface area contributed by atoms with Crippen LogP contribution in [0.5, 0.6) is 17.4 Å². The molecule has 7 nitrogen and oxygen atoms in total. The highest BCUT2D eigenvalue weighted by Crippen LogP contribution is 2.33. The van der Waals surface area contributed by atoms with E-state index in [9.17, 15) is 5.11 Å². The molecule has 0 saturated carbocycles. The first kappa shape index (κ1) is 27.5. The molecule has 0 aliphatic rings. The Bertz CT molecular complexity index is 1060. The van der Waals surface area contributed by atoms with Crippen LogP contribution in [0.25, 0.3) is 5.69 Å². The lowest BCUT2D eigenvalue weighted by atomic mass is 10.1. The van der Waals surface area contributed by atoms with Gasteiger partial charge in [0.15, 0.2) is 0 Å². The molecule has 0 amide bonds. The van der Waals surface area contributed by atoms with Gasteiger partial charge in [0.1, 0.15) is 11.5 Å². The third-order valence-corrected chi connectivity index (χ3v) is 5.65. The summed E-state index contributed by atoms with van der Waals surface area (Å²) in [4.78, 5) is 2.25. The maximum absolute atomic E-state index is 10.6. The van der Waals surface area contributed by atoms with Crippen LogP contribution < -0.4 is 9.47 Å². The smallest absolute Gasteiger partial charge is 0.227 e. The van der Waals surface area contributed by atoms with Crippen LogP contribution in [-0.4, -0.2) is 59.3 Å². The van der Waals surface area contributed by atoms with Crippen molar-refractivity contribution in [1.29, 1.82) is 0 Å². The van der Waals surface area contributed by atoms with Crippen molar-refractivity contribution in [3.8, 4) is 23.1 Å². The van der Waals surface area contributed by atoms with Crippen molar-refractivity contribution in [2.75, 3.05) is 33.4 Å². The fourth-order valence-electron chi connectivity index (χ4n) is 4.11. The molecule has 0 spiro atoms. The van der Waals surface area contributed by atoms with E-state index in [4.69, 9.17) is 19.3 Å². The van der Waals surface area contributed by atoms with Crippen molar-refractivity contribution in [1.82, 2.24) is 14.7 Å². The van der Waals surface area contributed by atoms with Gasteiger partial charge in [-0.25, -0.2) is 4.68 Å². The molecule has 0 aliphatic heterocycles. The van der Waals surface area contributed by atoms with Crippen LogP contribution >= 0.6 is 0 Å². The number of rotatable bonds is 15. The fourth-order valence-corrected chi connectivity index (χ4v) is 4.11. The van der Waals surface area contributed by atoms with Crippen molar-refractivity contribution >= 4 is 0 Å². The van der Waals surface area contributed by atoms with Crippen molar-refractivity contribution in [3.63, 3.8) is 0 Å². The van der Waals surface area contributed by atoms with Crippen LogP contribution in [-0.2, 0) is 17.7 Å². The molecule has 1 heterocycles. The minimum atomic E-state index is -0.607. The Labute approximate surface area is 214 Å². The first-order valence-electron chi connectivity index (χ1n) is 12.5. The first-order chi connectivity index (χ1) is 17.4. The van der Waals surface area contributed by atoms with Gasteiger partial charge in [-0.3, -0.25) is 4.90 Å². The Balaban J connectivity index is 1.97. The van der Waals surface area contributed by atoms with E-state index in [0.29, 0.717) is 37.2 Å². The molecule has 194 valence electrons. The molecule has 36 heavy (non-hydrogen) atoms. The van der Waals surface area contributed by atoms with Gasteiger partial charge in [0.2, 0.25) is 5.88 Å². The molecule has 0 saturated heterocycles. The second kappa shape index (κ2) is 13.8. The van der Waals surface area contributed by atoms with Gasteiger partial charge in [0, 0.05) is 19.6 Å². The minimum Gasteiger partial charge on any atom is -0.497 e. The summed E-state index contributed by atoms with van der Waals surface area (Å²) in [6.45, 7) is 12.7. The number of hydrogen-bond acceptors (Lipinski definition) is 6. The molecule has 1 N–H and O–H groups in total. The highest BCUT2D eigenvalue weighted by atomic mass is 16.5. The number of aliphatic hydroxyl groups is 1. The number of aromatic nitrogens is 2. The largest absolute Gasteiger partial charge is 0.497 e. The Kier molecular flexibility index (Phi) is 10.5. The highest BCUT2D eigenvalue weighted by molar-refractivity contribution is 5.44. The lowest BCUT2D eigenvalue weighted by molar-refractivity contribution is 0.0221. The average Bonchev–Trinajstić information content (AvgIpc) is 3.21. The van der Waals surface area contributed by atoms with Gasteiger partial charge in [0.05, 0.1) is 43.4 Å². The molecule has 0 aliphatic carbocycles. The standard InChI is InChI=1S/C29H39N3O4/c1-6-17-35-21-24(33)19-31(18-22(3)4)20-27-28(7-2)30-32(23-11-9-8-10-12-23)29(27)36-26-15-13-25(34-5)14-16-26/h6,8-16,22,24,33H,1,7,17-21H2,2-5H3. The average molecular weight is 494 g/mol. The summed E-state index contributed by atoms with van der Waals surface area (Å²) in [5, 5.41) is 15.6. The van der Waals surface area contributed by atoms with Crippen molar-refractivity contribution < 1.29 is 19.3 Å². The Hall–Kier alpha value is -3.13. The summed E-state index contributed by atoms with van der Waals surface area (Å²) < 4.78 is 19.1. The number of para-hydroxylation sites is 1. The van der Waals surface area contributed by atoms with Crippen LogP contribution in [0.15, 0.2) is 67.3 Å². The van der Waals surface area contributed by atoms with E-state index < -0.39 is 6.10 Å².